The number of hydrogen-bond donors (Lipinski definition) is 0. The van der Waals surface area contributed by atoms with Crippen LogP contribution in [0.5, 0.6) is 0 Å². The summed E-state index contributed by atoms with van der Waals surface area (Å²) < 4.78 is 10.3. The number of ether oxygens (including phenoxy) is 2. The van der Waals surface area contributed by atoms with Gasteiger partial charge in [0.15, 0.2) is 0 Å². The SMILES string of the molecule is Clc1cccc(C2OC=CO2)c1. The molecule has 0 atom stereocenters. The van der Waals surface area contributed by atoms with E-state index >= 15 is 0 Å². The van der Waals surface area contributed by atoms with Crippen molar-refractivity contribution in [1.82, 2.24) is 0 Å². The summed E-state index contributed by atoms with van der Waals surface area (Å²) >= 11 is 5.79. The van der Waals surface area contributed by atoms with Gasteiger partial charge in [0.25, 0.3) is 6.29 Å². The molecular weight excluding hydrogens is 176 g/mol. The van der Waals surface area contributed by atoms with Gasteiger partial charge < -0.3 is 9.47 Å². The number of benzene rings is 1. The molecule has 1 aromatic rings. The van der Waals surface area contributed by atoms with E-state index in [2.05, 4.69) is 0 Å². The van der Waals surface area contributed by atoms with Crippen LogP contribution in [0.25, 0.3) is 0 Å². The van der Waals surface area contributed by atoms with E-state index in [-0.39, 0.29) is 6.29 Å². The number of halogens is 1. The van der Waals surface area contributed by atoms with E-state index < -0.39 is 0 Å². The zero-order valence-corrected chi connectivity index (χ0v) is 6.99. The minimum absolute atomic E-state index is 0.330. The zero-order valence-electron chi connectivity index (χ0n) is 6.24. The Hall–Kier alpha value is -1.15. The van der Waals surface area contributed by atoms with Crippen molar-refractivity contribution < 1.29 is 9.47 Å². The molecule has 2 nitrogen and oxygen atoms in total. The van der Waals surface area contributed by atoms with Crippen LogP contribution >= 0.6 is 11.6 Å². The lowest BCUT2D eigenvalue weighted by atomic mass is 10.2. The third kappa shape index (κ3) is 1.38. The average molecular weight is 183 g/mol. The van der Waals surface area contributed by atoms with Gasteiger partial charge in [-0.05, 0) is 12.1 Å². The fourth-order valence-electron chi connectivity index (χ4n) is 1.05. The molecule has 0 unspecified atom stereocenters. The third-order valence-electron chi connectivity index (χ3n) is 1.58. The predicted octanol–water partition coefficient (Wildman–Crippen LogP) is 2.86. The van der Waals surface area contributed by atoms with E-state index in [1.165, 1.54) is 12.5 Å². The second-order valence-electron chi connectivity index (χ2n) is 2.43. The van der Waals surface area contributed by atoms with Crippen molar-refractivity contribution >= 4 is 11.6 Å². The zero-order chi connectivity index (χ0) is 8.39. The molecular formula is C9H7ClO2. The highest BCUT2D eigenvalue weighted by Crippen LogP contribution is 2.25. The summed E-state index contributed by atoms with van der Waals surface area (Å²) in [5.74, 6) is 0. The van der Waals surface area contributed by atoms with Crippen LogP contribution in [0, 0.1) is 0 Å². The van der Waals surface area contributed by atoms with Crippen molar-refractivity contribution in [2.75, 3.05) is 0 Å². The van der Waals surface area contributed by atoms with Crippen molar-refractivity contribution in [2.45, 2.75) is 6.29 Å². The monoisotopic (exact) mass is 182 g/mol. The van der Waals surface area contributed by atoms with Gasteiger partial charge in [-0.3, -0.25) is 0 Å². The molecule has 0 N–H and O–H groups in total. The van der Waals surface area contributed by atoms with Crippen LogP contribution in [0.4, 0.5) is 0 Å². The van der Waals surface area contributed by atoms with Crippen molar-refractivity contribution in [1.29, 1.82) is 0 Å². The molecule has 0 fully saturated rings. The maximum Gasteiger partial charge on any atom is 0.266 e. The molecule has 0 bridgehead atoms. The molecule has 0 saturated heterocycles. The van der Waals surface area contributed by atoms with Gasteiger partial charge in [-0.2, -0.15) is 0 Å². The Morgan fingerprint density at radius 2 is 1.92 bits per heavy atom. The van der Waals surface area contributed by atoms with E-state index in [1.54, 1.807) is 0 Å². The van der Waals surface area contributed by atoms with Crippen molar-refractivity contribution in [3.8, 4) is 0 Å². The molecule has 1 aromatic carbocycles. The molecule has 3 heteroatoms. The van der Waals surface area contributed by atoms with Crippen LogP contribution in [0.2, 0.25) is 5.02 Å². The van der Waals surface area contributed by atoms with Gasteiger partial charge in [-0.1, -0.05) is 23.7 Å². The Labute approximate surface area is 75.4 Å². The van der Waals surface area contributed by atoms with Gasteiger partial charge in [0.05, 0.1) is 0 Å². The summed E-state index contributed by atoms with van der Waals surface area (Å²) in [6, 6.07) is 7.40. The summed E-state index contributed by atoms with van der Waals surface area (Å²) in [4.78, 5) is 0. The normalized spacial score (nSPS) is 15.8. The van der Waals surface area contributed by atoms with E-state index in [0.717, 1.165) is 5.56 Å². The Morgan fingerprint density at radius 3 is 2.58 bits per heavy atom. The maximum atomic E-state index is 5.79. The Bertz CT molecular complexity index is 301. The summed E-state index contributed by atoms with van der Waals surface area (Å²) in [5.41, 5.74) is 0.924. The number of hydrogen-bond acceptors (Lipinski definition) is 2. The van der Waals surface area contributed by atoms with Gasteiger partial charge in [0.2, 0.25) is 0 Å². The fourth-order valence-corrected chi connectivity index (χ4v) is 1.25. The van der Waals surface area contributed by atoms with Crippen LogP contribution in [-0.2, 0) is 9.47 Å². The minimum atomic E-state index is -0.330. The second-order valence-corrected chi connectivity index (χ2v) is 2.87. The molecule has 12 heavy (non-hydrogen) atoms. The molecule has 2 rings (SSSR count). The molecule has 1 aliphatic rings. The standard InChI is InChI=1S/C9H7ClO2/c10-8-3-1-2-7(6-8)9-11-4-5-12-9/h1-6,9H. The van der Waals surface area contributed by atoms with Crippen molar-refractivity contribution in [3.63, 3.8) is 0 Å². The third-order valence-corrected chi connectivity index (χ3v) is 1.82. The molecule has 1 aliphatic heterocycles. The molecule has 0 aliphatic carbocycles. The molecule has 0 aromatic heterocycles. The smallest absolute Gasteiger partial charge is 0.266 e. The lowest BCUT2D eigenvalue weighted by molar-refractivity contribution is -0.0245. The van der Waals surface area contributed by atoms with E-state index in [9.17, 15) is 0 Å². The van der Waals surface area contributed by atoms with Gasteiger partial charge in [-0.15, -0.1) is 0 Å². The molecule has 62 valence electrons. The maximum absolute atomic E-state index is 5.79. The average Bonchev–Trinajstić information content (AvgIpc) is 2.56. The lowest BCUT2D eigenvalue weighted by Gasteiger charge is -2.09. The predicted molar refractivity (Wildman–Crippen MR) is 45.5 cm³/mol. The van der Waals surface area contributed by atoms with Crippen molar-refractivity contribution in [3.05, 3.63) is 47.4 Å². The van der Waals surface area contributed by atoms with Gasteiger partial charge in [-0.25, -0.2) is 0 Å². The van der Waals surface area contributed by atoms with Crippen LogP contribution in [0.3, 0.4) is 0 Å². The van der Waals surface area contributed by atoms with Crippen LogP contribution in [0.15, 0.2) is 36.8 Å². The number of rotatable bonds is 1. The van der Waals surface area contributed by atoms with Crippen LogP contribution in [-0.4, -0.2) is 0 Å². The van der Waals surface area contributed by atoms with Gasteiger partial charge >= 0.3 is 0 Å². The fraction of sp³-hybridized carbons (Fsp3) is 0.111. The minimum Gasteiger partial charge on any atom is -0.455 e. The first-order chi connectivity index (χ1) is 5.86. The summed E-state index contributed by atoms with van der Waals surface area (Å²) in [7, 11) is 0. The van der Waals surface area contributed by atoms with E-state index in [0.29, 0.717) is 5.02 Å². The highest BCUT2D eigenvalue weighted by atomic mass is 35.5. The second kappa shape index (κ2) is 3.07. The first kappa shape index (κ1) is 7.50. The first-order valence-corrected chi connectivity index (χ1v) is 3.95. The summed E-state index contributed by atoms with van der Waals surface area (Å²) in [5, 5.41) is 0.687. The van der Waals surface area contributed by atoms with Crippen LogP contribution in [0.1, 0.15) is 11.9 Å². The first-order valence-electron chi connectivity index (χ1n) is 3.58. The largest absolute Gasteiger partial charge is 0.455 e. The highest BCUT2D eigenvalue weighted by molar-refractivity contribution is 6.30. The van der Waals surface area contributed by atoms with Crippen LogP contribution < -0.4 is 0 Å². The van der Waals surface area contributed by atoms with Crippen molar-refractivity contribution in [2.24, 2.45) is 0 Å². The molecule has 0 radical (unpaired) electrons. The topological polar surface area (TPSA) is 18.5 Å². The van der Waals surface area contributed by atoms with E-state index in [4.69, 9.17) is 21.1 Å². The Balaban J connectivity index is 2.22. The molecule has 0 amide bonds. The molecule has 1 heterocycles. The lowest BCUT2D eigenvalue weighted by Crippen LogP contribution is -1.96. The molecule has 0 spiro atoms. The summed E-state index contributed by atoms with van der Waals surface area (Å²) in [6.45, 7) is 0. The Morgan fingerprint density at radius 1 is 1.17 bits per heavy atom. The molecule has 0 saturated carbocycles. The van der Waals surface area contributed by atoms with E-state index in [1.807, 2.05) is 24.3 Å². The summed E-state index contributed by atoms with van der Waals surface area (Å²) in [6.07, 6.45) is 2.71. The highest BCUT2D eigenvalue weighted by Gasteiger charge is 2.14. The Kier molecular flexibility index (Phi) is 1.92. The van der Waals surface area contributed by atoms with Gasteiger partial charge in [0.1, 0.15) is 12.5 Å². The van der Waals surface area contributed by atoms with Gasteiger partial charge in [0, 0.05) is 10.6 Å². The quantitative estimate of drug-likeness (QED) is 0.665.